The predicted octanol–water partition coefficient (Wildman–Crippen LogP) is -0.269. The van der Waals surface area contributed by atoms with E-state index in [-0.39, 0.29) is 6.04 Å². The fourth-order valence-electron chi connectivity index (χ4n) is 0.566. The molecule has 0 aromatic carbocycles. The second kappa shape index (κ2) is 4.73. The van der Waals surface area contributed by atoms with Crippen LogP contribution in [0.25, 0.3) is 0 Å². The summed E-state index contributed by atoms with van der Waals surface area (Å²) in [5.74, 6) is 0. The Morgan fingerprint density at radius 1 is 1.67 bits per heavy atom. The van der Waals surface area contributed by atoms with Gasteiger partial charge in [-0.2, -0.15) is 0 Å². The third kappa shape index (κ3) is 3.46. The summed E-state index contributed by atoms with van der Waals surface area (Å²) in [5, 5.41) is 9.07. The molecule has 0 aliphatic heterocycles. The maximum Gasteiger partial charge on any atom is 0.0923 e. The molecular weight excluding hydrogens is 118 g/mol. The summed E-state index contributed by atoms with van der Waals surface area (Å²) in [6.07, 6.45) is 0.268. The lowest BCUT2D eigenvalue weighted by atomic mass is 10.1. The van der Waals surface area contributed by atoms with Gasteiger partial charge in [-0.15, -0.1) is 0 Å². The molecule has 0 saturated heterocycles. The van der Waals surface area contributed by atoms with Gasteiger partial charge >= 0.3 is 0 Å². The Hall–Kier alpha value is -0.120. The van der Waals surface area contributed by atoms with Crippen molar-refractivity contribution in [2.75, 3.05) is 13.7 Å². The average Bonchev–Trinajstić information content (AvgIpc) is 1.87. The molecule has 0 fully saturated rings. The number of nitrogens with two attached hydrogens (primary N) is 1. The number of hydrogen-bond donors (Lipinski definition) is 2. The number of hydrogen-bond acceptors (Lipinski definition) is 3. The van der Waals surface area contributed by atoms with Crippen LogP contribution in [0.5, 0.6) is 0 Å². The van der Waals surface area contributed by atoms with Gasteiger partial charge < -0.3 is 15.6 Å². The van der Waals surface area contributed by atoms with Gasteiger partial charge in [0.05, 0.1) is 12.7 Å². The molecule has 0 amide bonds. The molecule has 0 spiro atoms. The Morgan fingerprint density at radius 2 is 2.22 bits per heavy atom. The van der Waals surface area contributed by atoms with Crippen molar-refractivity contribution >= 4 is 0 Å². The Labute approximate surface area is 55.8 Å². The third-order valence-corrected chi connectivity index (χ3v) is 1.30. The number of methoxy groups -OCH3 is 1. The molecular formula is C6H15NO2. The molecule has 2 unspecified atom stereocenters. The van der Waals surface area contributed by atoms with Crippen molar-refractivity contribution < 1.29 is 9.84 Å². The lowest BCUT2D eigenvalue weighted by Gasteiger charge is -2.15. The Bertz CT molecular complexity index is 68.1. The minimum absolute atomic E-state index is 0.148. The predicted molar refractivity (Wildman–Crippen MR) is 36.1 cm³/mol. The van der Waals surface area contributed by atoms with Crippen LogP contribution in [-0.4, -0.2) is 31.0 Å². The van der Waals surface area contributed by atoms with E-state index in [2.05, 4.69) is 0 Å². The van der Waals surface area contributed by atoms with E-state index in [1.165, 1.54) is 0 Å². The van der Waals surface area contributed by atoms with Crippen LogP contribution in [0.15, 0.2) is 0 Å². The molecule has 0 aliphatic rings. The molecule has 0 aromatic rings. The highest BCUT2D eigenvalue weighted by atomic mass is 16.5. The van der Waals surface area contributed by atoms with Crippen molar-refractivity contribution in [3.05, 3.63) is 0 Å². The first-order valence-electron chi connectivity index (χ1n) is 3.15. The Balaban J connectivity index is 3.32. The summed E-state index contributed by atoms with van der Waals surface area (Å²) in [6, 6.07) is -0.148. The van der Waals surface area contributed by atoms with E-state index in [9.17, 15) is 0 Å². The van der Waals surface area contributed by atoms with E-state index in [1.807, 2.05) is 6.92 Å². The van der Waals surface area contributed by atoms with Crippen LogP contribution >= 0.6 is 0 Å². The molecule has 3 N–H and O–H groups in total. The zero-order valence-corrected chi connectivity index (χ0v) is 6.00. The molecule has 3 heteroatoms. The van der Waals surface area contributed by atoms with Gasteiger partial charge in [-0.3, -0.25) is 0 Å². The van der Waals surface area contributed by atoms with Gasteiger partial charge in [0.2, 0.25) is 0 Å². The third-order valence-electron chi connectivity index (χ3n) is 1.30. The fraction of sp³-hybridized carbons (Fsp3) is 1.00. The summed E-state index contributed by atoms with van der Waals surface area (Å²) >= 11 is 0. The SMILES string of the molecule is CCC(N)C(O)COC. The topological polar surface area (TPSA) is 55.5 Å². The first-order valence-corrected chi connectivity index (χ1v) is 3.15. The number of rotatable bonds is 4. The van der Waals surface area contributed by atoms with Gasteiger partial charge in [-0.1, -0.05) is 6.92 Å². The summed E-state index contributed by atoms with van der Waals surface area (Å²) in [6.45, 7) is 2.26. The summed E-state index contributed by atoms with van der Waals surface area (Å²) < 4.78 is 4.70. The zero-order valence-electron chi connectivity index (χ0n) is 6.00. The van der Waals surface area contributed by atoms with Crippen molar-refractivity contribution in [1.29, 1.82) is 0 Å². The van der Waals surface area contributed by atoms with Crippen molar-refractivity contribution in [3.63, 3.8) is 0 Å². The number of aliphatic hydroxyl groups excluding tert-OH is 1. The molecule has 2 atom stereocenters. The second-order valence-electron chi connectivity index (χ2n) is 2.09. The van der Waals surface area contributed by atoms with Crippen LogP contribution in [0, 0.1) is 0 Å². The van der Waals surface area contributed by atoms with E-state index >= 15 is 0 Å². The van der Waals surface area contributed by atoms with E-state index in [1.54, 1.807) is 7.11 Å². The molecule has 9 heavy (non-hydrogen) atoms. The summed E-state index contributed by atoms with van der Waals surface area (Å²) in [5.41, 5.74) is 5.47. The maximum atomic E-state index is 9.07. The standard InChI is InChI=1S/C6H15NO2/c1-3-5(7)6(8)4-9-2/h5-6,8H,3-4,7H2,1-2H3. The van der Waals surface area contributed by atoms with Crippen LogP contribution in [0.4, 0.5) is 0 Å². The molecule has 0 rings (SSSR count). The van der Waals surface area contributed by atoms with Gasteiger partial charge in [-0.05, 0) is 6.42 Å². The normalized spacial score (nSPS) is 17.3. The van der Waals surface area contributed by atoms with Gasteiger partial charge in [0.1, 0.15) is 0 Å². The molecule has 3 nitrogen and oxygen atoms in total. The lowest BCUT2D eigenvalue weighted by molar-refractivity contribution is 0.0472. The zero-order chi connectivity index (χ0) is 7.28. The fourth-order valence-corrected chi connectivity index (χ4v) is 0.566. The quantitative estimate of drug-likeness (QED) is 0.555. The molecule has 0 saturated carbocycles. The molecule has 0 heterocycles. The molecule has 0 bridgehead atoms. The largest absolute Gasteiger partial charge is 0.389 e. The highest BCUT2D eigenvalue weighted by Gasteiger charge is 2.10. The van der Waals surface area contributed by atoms with Crippen LogP contribution in [0.3, 0.4) is 0 Å². The highest BCUT2D eigenvalue weighted by molar-refractivity contribution is 4.68. The van der Waals surface area contributed by atoms with Gasteiger partial charge in [0.15, 0.2) is 0 Å². The smallest absolute Gasteiger partial charge is 0.0923 e. The molecule has 0 aliphatic carbocycles. The number of aliphatic hydroxyl groups is 1. The lowest BCUT2D eigenvalue weighted by Crippen LogP contribution is -2.36. The summed E-state index contributed by atoms with van der Waals surface area (Å²) in [7, 11) is 1.55. The Morgan fingerprint density at radius 3 is 2.56 bits per heavy atom. The average molecular weight is 133 g/mol. The van der Waals surface area contributed by atoms with E-state index < -0.39 is 6.10 Å². The van der Waals surface area contributed by atoms with E-state index in [4.69, 9.17) is 15.6 Å². The van der Waals surface area contributed by atoms with Gasteiger partial charge in [0, 0.05) is 13.2 Å². The molecule has 0 aromatic heterocycles. The van der Waals surface area contributed by atoms with Crippen LogP contribution in [0.2, 0.25) is 0 Å². The van der Waals surface area contributed by atoms with Crippen molar-refractivity contribution in [3.8, 4) is 0 Å². The van der Waals surface area contributed by atoms with Crippen molar-refractivity contribution in [2.24, 2.45) is 5.73 Å². The number of ether oxygens (including phenoxy) is 1. The first-order chi connectivity index (χ1) is 4.22. The van der Waals surface area contributed by atoms with Crippen molar-refractivity contribution in [2.45, 2.75) is 25.5 Å². The minimum Gasteiger partial charge on any atom is -0.389 e. The Kier molecular flexibility index (Phi) is 4.67. The maximum absolute atomic E-state index is 9.07. The van der Waals surface area contributed by atoms with Gasteiger partial charge in [0.25, 0.3) is 0 Å². The van der Waals surface area contributed by atoms with E-state index in [0.717, 1.165) is 6.42 Å². The van der Waals surface area contributed by atoms with Gasteiger partial charge in [-0.25, -0.2) is 0 Å². The van der Waals surface area contributed by atoms with E-state index in [0.29, 0.717) is 6.61 Å². The van der Waals surface area contributed by atoms with Crippen LogP contribution in [0.1, 0.15) is 13.3 Å². The van der Waals surface area contributed by atoms with Crippen molar-refractivity contribution in [1.82, 2.24) is 0 Å². The summed E-state index contributed by atoms with van der Waals surface area (Å²) in [4.78, 5) is 0. The first kappa shape index (κ1) is 8.88. The monoisotopic (exact) mass is 133 g/mol. The molecule has 0 radical (unpaired) electrons. The van der Waals surface area contributed by atoms with Crippen LogP contribution < -0.4 is 5.73 Å². The second-order valence-corrected chi connectivity index (χ2v) is 2.09. The minimum atomic E-state index is -0.514. The van der Waals surface area contributed by atoms with Crippen LogP contribution in [-0.2, 0) is 4.74 Å². The molecule has 56 valence electrons. The highest BCUT2D eigenvalue weighted by Crippen LogP contribution is 1.94.